The zero-order chi connectivity index (χ0) is 14.5. The minimum absolute atomic E-state index is 0.0272. The molecule has 0 fully saturated rings. The van der Waals surface area contributed by atoms with Gasteiger partial charge in [0.1, 0.15) is 5.82 Å². The average molecular weight is 271 g/mol. The van der Waals surface area contributed by atoms with Gasteiger partial charge in [-0.3, -0.25) is 4.79 Å². The van der Waals surface area contributed by atoms with Crippen molar-refractivity contribution in [3.05, 3.63) is 65.5 Å². The van der Waals surface area contributed by atoms with Crippen LogP contribution >= 0.6 is 0 Å². The maximum absolute atomic E-state index is 13.2. The van der Waals surface area contributed by atoms with Gasteiger partial charge in [-0.2, -0.15) is 0 Å². The summed E-state index contributed by atoms with van der Waals surface area (Å²) in [7, 11) is 1.78. The molecule has 2 nitrogen and oxygen atoms in total. The van der Waals surface area contributed by atoms with Crippen LogP contribution in [0.5, 0.6) is 0 Å². The molecule has 0 radical (unpaired) electrons. The van der Waals surface area contributed by atoms with Gasteiger partial charge in [0.2, 0.25) is 0 Å². The first kappa shape index (κ1) is 14.3. The number of carbonyl (C=O) groups excluding carboxylic acids is 1. The summed E-state index contributed by atoms with van der Waals surface area (Å²) in [5.74, 6) is -0.270. The Morgan fingerprint density at radius 2 is 1.85 bits per heavy atom. The van der Waals surface area contributed by atoms with Crippen LogP contribution in [0.2, 0.25) is 0 Å². The van der Waals surface area contributed by atoms with Gasteiger partial charge < -0.3 is 4.90 Å². The van der Waals surface area contributed by atoms with Crippen molar-refractivity contribution in [3.63, 3.8) is 0 Å². The Hall–Kier alpha value is -2.16. The lowest BCUT2D eigenvalue weighted by Gasteiger charge is -2.18. The summed E-state index contributed by atoms with van der Waals surface area (Å²) in [6, 6.07) is 13.9. The standard InChI is InChI=1S/C17H18FNO/c1-3-13-7-9-14(10-8-13)17(20)12-19(2)16-6-4-5-15(18)11-16/h4-11H,3,12H2,1-2H3. The Morgan fingerprint density at radius 3 is 2.45 bits per heavy atom. The molecule has 0 saturated carbocycles. The molecule has 0 atom stereocenters. The lowest BCUT2D eigenvalue weighted by Crippen LogP contribution is -2.25. The van der Waals surface area contributed by atoms with E-state index in [2.05, 4.69) is 6.92 Å². The normalized spacial score (nSPS) is 10.3. The maximum atomic E-state index is 13.2. The second-order valence-corrected chi connectivity index (χ2v) is 4.81. The molecule has 2 aromatic carbocycles. The Balaban J connectivity index is 2.06. The Morgan fingerprint density at radius 1 is 1.15 bits per heavy atom. The molecular weight excluding hydrogens is 253 g/mol. The van der Waals surface area contributed by atoms with Crippen molar-refractivity contribution in [1.29, 1.82) is 0 Å². The van der Waals surface area contributed by atoms with E-state index < -0.39 is 0 Å². The fourth-order valence-corrected chi connectivity index (χ4v) is 2.04. The first-order valence-corrected chi connectivity index (χ1v) is 6.69. The number of halogens is 1. The molecule has 104 valence electrons. The summed E-state index contributed by atoms with van der Waals surface area (Å²) in [4.78, 5) is 13.9. The molecule has 0 unspecified atom stereocenters. The molecule has 0 spiro atoms. The quantitative estimate of drug-likeness (QED) is 0.773. The number of likely N-dealkylation sites (N-methyl/N-ethyl adjacent to an activating group) is 1. The first-order chi connectivity index (χ1) is 9.60. The SMILES string of the molecule is CCc1ccc(C(=O)CN(C)c2cccc(F)c2)cc1. The minimum atomic E-state index is -0.297. The van der Waals surface area contributed by atoms with Gasteiger partial charge in [0.15, 0.2) is 5.78 Å². The number of benzene rings is 2. The molecule has 0 saturated heterocycles. The smallest absolute Gasteiger partial charge is 0.182 e. The van der Waals surface area contributed by atoms with Crippen LogP contribution in [0.4, 0.5) is 10.1 Å². The van der Waals surface area contributed by atoms with Crippen molar-refractivity contribution in [2.24, 2.45) is 0 Å². The molecule has 0 aliphatic rings. The largest absolute Gasteiger partial charge is 0.367 e. The predicted octanol–water partition coefficient (Wildman–Crippen LogP) is 3.71. The molecule has 0 aliphatic carbocycles. The zero-order valence-corrected chi connectivity index (χ0v) is 11.8. The molecule has 2 rings (SSSR count). The van der Waals surface area contributed by atoms with Gasteiger partial charge in [-0.15, -0.1) is 0 Å². The third-order valence-corrected chi connectivity index (χ3v) is 3.31. The highest BCUT2D eigenvalue weighted by Crippen LogP contribution is 2.15. The first-order valence-electron chi connectivity index (χ1n) is 6.69. The molecule has 20 heavy (non-hydrogen) atoms. The number of rotatable bonds is 5. The van der Waals surface area contributed by atoms with Gasteiger partial charge in [-0.05, 0) is 30.2 Å². The van der Waals surface area contributed by atoms with Crippen LogP contribution in [0.3, 0.4) is 0 Å². The van der Waals surface area contributed by atoms with E-state index in [0.29, 0.717) is 11.3 Å². The zero-order valence-electron chi connectivity index (χ0n) is 11.8. The number of carbonyl (C=O) groups is 1. The molecule has 0 N–H and O–H groups in total. The summed E-state index contributed by atoms with van der Waals surface area (Å²) < 4.78 is 13.2. The van der Waals surface area contributed by atoms with Crippen LogP contribution in [0, 0.1) is 5.82 Å². The second-order valence-electron chi connectivity index (χ2n) is 4.81. The van der Waals surface area contributed by atoms with E-state index in [9.17, 15) is 9.18 Å². The van der Waals surface area contributed by atoms with Gasteiger partial charge >= 0.3 is 0 Å². The Labute approximate surface area is 118 Å². The predicted molar refractivity (Wildman–Crippen MR) is 79.8 cm³/mol. The summed E-state index contributed by atoms with van der Waals surface area (Å²) in [5, 5.41) is 0. The highest BCUT2D eigenvalue weighted by atomic mass is 19.1. The molecule has 0 amide bonds. The van der Waals surface area contributed by atoms with E-state index in [1.54, 1.807) is 24.1 Å². The van der Waals surface area contributed by atoms with Gasteiger partial charge in [0.25, 0.3) is 0 Å². The van der Waals surface area contributed by atoms with Crippen LogP contribution in [-0.2, 0) is 6.42 Å². The average Bonchev–Trinajstić information content (AvgIpc) is 2.47. The van der Waals surface area contributed by atoms with Crippen LogP contribution < -0.4 is 4.90 Å². The molecule has 0 heterocycles. The fraction of sp³-hybridized carbons (Fsp3) is 0.235. The van der Waals surface area contributed by atoms with Crippen molar-refractivity contribution < 1.29 is 9.18 Å². The summed E-state index contributed by atoms with van der Waals surface area (Å²) >= 11 is 0. The number of Topliss-reactive ketones (excluding diaryl/α,β-unsaturated/α-hetero) is 1. The van der Waals surface area contributed by atoms with E-state index in [4.69, 9.17) is 0 Å². The summed E-state index contributed by atoms with van der Waals surface area (Å²) in [6.07, 6.45) is 0.956. The van der Waals surface area contributed by atoms with E-state index >= 15 is 0 Å². The van der Waals surface area contributed by atoms with Crippen molar-refractivity contribution >= 4 is 11.5 Å². The number of hydrogen-bond acceptors (Lipinski definition) is 2. The summed E-state index contributed by atoms with van der Waals surface area (Å²) in [6.45, 7) is 2.31. The lowest BCUT2D eigenvalue weighted by molar-refractivity contribution is 0.100. The third-order valence-electron chi connectivity index (χ3n) is 3.31. The molecule has 3 heteroatoms. The van der Waals surface area contributed by atoms with Crippen molar-refractivity contribution in [1.82, 2.24) is 0 Å². The molecule has 2 aromatic rings. The van der Waals surface area contributed by atoms with Crippen LogP contribution in [0.1, 0.15) is 22.8 Å². The Bertz CT molecular complexity index is 592. The number of aryl methyl sites for hydroxylation is 1. The van der Waals surface area contributed by atoms with E-state index in [1.807, 2.05) is 24.3 Å². The van der Waals surface area contributed by atoms with Gasteiger partial charge in [-0.25, -0.2) is 4.39 Å². The minimum Gasteiger partial charge on any atom is -0.367 e. The topological polar surface area (TPSA) is 20.3 Å². The molecule has 0 aromatic heterocycles. The van der Waals surface area contributed by atoms with Gasteiger partial charge in [0, 0.05) is 18.3 Å². The molecular formula is C17H18FNO. The molecule has 0 bridgehead atoms. The number of hydrogen-bond donors (Lipinski definition) is 0. The number of anilines is 1. The van der Waals surface area contributed by atoms with E-state index in [0.717, 1.165) is 6.42 Å². The third kappa shape index (κ3) is 3.44. The maximum Gasteiger partial charge on any atom is 0.182 e. The second kappa shape index (κ2) is 6.33. The highest BCUT2D eigenvalue weighted by Gasteiger charge is 2.10. The Kier molecular flexibility index (Phi) is 4.51. The lowest BCUT2D eigenvalue weighted by atomic mass is 10.1. The van der Waals surface area contributed by atoms with Gasteiger partial charge in [-0.1, -0.05) is 37.3 Å². The fourth-order valence-electron chi connectivity index (χ4n) is 2.04. The number of nitrogens with zero attached hydrogens (tertiary/aromatic N) is 1. The van der Waals surface area contributed by atoms with Crippen molar-refractivity contribution in [3.8, 4) is 0 Å². The van der Waals surface area contributed by atoms with Crippen molar-refractivity contribution in [2.45, 2.75) is 13.3 Å². The highest BCUT2D eigenvalue weighted by molar-refractivity contribution is 5.99. The van der Waals surface area contributed by atoms with Crippen LogP contribution in [0.25, 0.3) is 0 Å². The van der Waals surface area contributed by atoms with E-state index in [1.165, 1.54) is 17.7 Å². The van der Waals surface area contributed by atoms with E-state index in [-0.39, 0.29) is 18.1 Å². The van der Waals surface area contributed by atoms with Crippen molar-refractivity contribution in [2.75, 3.05) is 18.5 Å². The summed E-state index contributed by atoms with van der Waals surface area (Å²) in [5.41, 5.74) is 2.59. The monoisotopic (exact) mass is 271 g/mol. The van der Waals surface area contributed by atoms with Gasteiger partial charge in [0.05, 0.1) is 6.54 Å². The molecule has 0 aliphatic heterocycles. The number of ketones is 1. The van der Waals surface area contributed by atoms with Crippen LogP contribution in [-0.4, -0.2) is 19.4 Å². The van der Waals surface area contributed by atoms with Crippen LogP contribution in [0.15, 0.2) is 48.5 Å².